The van der Waals surface area contributed by atoms with Gasteiger partial charge in [0, 0.05) is 36.0 Å². The summed E-state index contributed by atoms with van der Waals surface area (Å²) in [4.78, 5) is 15.2. The number of benzene rings is 1. The maximum absolute atomic E-state index is 14.3. The minimum absolute atomic E-state index is 0.0249. The molecular weight excluding hydrogens is 364 g/mol. The van der Waals surface area contributed by atoms with E-state index in [-0.39, 0.29) is 24.1 Å². The number of amides is 1. The third-order valence-corrected chi connectivity index (χ3v) is 5.56. The lowest BCUT2D eigenvalue weighted by atomic mass is 10.1. The van der Waals surface area contributed by atoms with E-state index < -0.39 is 11.6 Å². The van der Waals surface area contributed by atoms with Gasteiger partial charge < -0.3 is 19.5 Å². The molecule has 1 aliphatic heterocycles. The number of carbonyl (C=O) groups is 1. The van der Waals surface area contributed by atoms with Gasteiger partial charge in [0.05, 0.1) is 25.4 Å². The number of hydrogen-bond acceptors (Lipinski definition) is 3. The number of ether oxygens (including phenoxy) is 1. The average Bonchev–Trinajstić information content (AvgIpc) is 3.44. The Morgan fingerprint density at radius 3 is 2.43 bits per heavy atom. The zero-order chi connectivity index (χ0) is 19.8. The predicted octanol–water partition coefficient (Wildman–Crippen LogP) is 3.16. The molecule has 0 unspecified atom stereocenters. The summed E-state index contributed by atoms with van der Waals surface area (Å²) in [6.07, 6.45) is 1.95. The number of hydrogen-bond donors (Lipinski definition) is 1. The van der Waals surface area contributed by atoms with Crippen LogP contribution < -0.4 is 10.2 Å². The third kappa shape index (κ3) is 3.51. The van der Waals surface area contributed by atoms with Crippen LogP contribution in [0.4, 0.5) is 14.5 Å². The van der Waals surface area contributed by atoms with Crippen molar-refractivity contribution in [1.29, 1.82) is 0 Å². The molecule has 1 saturated heterocycles. The Morgan fingerprint density at radius 2 is 1.82 bits per heavy atom. The van der Waals surface area contributed by atoms with Gasteiger partial charge in [-0.15, -0.1) is 0 Å². The zero-order valence-corrected chi connectivity index (χ0v) is 16.2. The summed E-state index contributed by atoms with van der Waals surface area (Å²) < 4.78 is 35.8. The minimum Gasteiger partial charge on any atom is -0.378 e. The zero-order valence-electron chi connectivity index (χ0n) is 16.2. The molecule has 150 valence electrons. The van der Waals surface area contributed by atoms with Crippen LogP contribution in [0, 0.1) is 25.5 Å². The van der Waals surface area contributed by atoms with Gasteiger partial charge in [0.25, 0.3) is 5.91 Å². The van der Waals surface area contributed by atoms with Crippen molar-refractivity contribution < 1.29 is 18.3 Å². The van der Waals surface area contributed by atoms with E-state index in [0.717, 1.165) is 42.9 Å². The van der Waals surface area contributed by atoms with Gasteiger partial charge >= 0.3 is 0 Å². The number of halogens is 2. The van der Waals surface area contributed by atoms with Crippen LogP contribution in [0.5, 0.6) is 0 Å². The molecule has 1 amide bonds. The highest BCUT2D eigenvalue weighted by molar-refractivity contribution is 5.97. The van der Waals surface area contributed by atoms with E-state index in [1.165, 1.54) is 18.2 Å². The molecule has 0 radical (unpaired) electrons. The molecule has 0 atom stereocenters. The number of nitrogens with zero attached hydrogens (tertiary/aromatic N) is 2. The molecule has 2 aliphatic rings. The van der Waals surface area contributed by atoms with E-state index in [2.05, 4.69) is 10.2 Å². The Bertz CT molecular complexity index is 879. The summed E-state index contributed by atoms with van der Waals surface area (Å²) in [5.74, 6) is -1.39. The molecule has 4 rings (SSSR count). The number of nitrogens with one attached hydrogen (secondary N) is 1. The summed E-state index contributed by atoms with van der Waals surface area (Å²) in [6.45, 7) is 6.49. The van der Waals surface area contributed by atoms with E-state index in [9.17, 15) is 13.6 Å². The van der Waals surface area contributed by atoms with Gasteiger partial charge in [-0.3, -0.25) is 4.79 Å². The predicted molar refractivity (Wildman–Crippen MR) is 103 cm³/mol. The molecule has 0 spiro atoms. The first kappa shape index (κ1) is 18.9. The summed E-state index contributed by atoms with van der Waals surface area (Å²) in [6, 6.07) is 4.04. The first-order valence-corrected chi connectivity index (χ1v) is 9.73. The van der Waals surface area contributed by atoms with E-state index >= 15 is 0 Å². The van der Waals surface area contributed by atoms with Gasteiger partial charge in [0.15, 0.2) is 0 Å². The van der Waals surface area contributed by atoms with Crippen LogP contribution in [-0.2, 0) is 11.3 Å². The van der Waals surface area contributed by atoms with Crippen molar-refractivity contribution in [3.63, 3.8) is 0 Å². The number of morpholine rings is 1. The summed E-state index contributed by atoms with van der Waals surface area (Å²) in [5, 5.41) is 3.02. The Hall–Kier alpha value is -2.41. The Balaban J connectivity index is 1.79. The Morgan fingerprint density at radius 1 is 1.18 bits per heavy atom. The van der Waals surface area contributed by atoms with Crippen LogP contribution in [0.25, 0.3) is 0 Å². The van der Waals surface area contributed by atoms with Crippen molar-refractivity contribution in [2.45, 2.75) is 39.3 Å². The van der Waals surface area contributed by atoms with E-state index in [1.807, 2.05) is 13.8 Å². The fourth-order valence-electron chi connectivity index (χ4n) is 3.95. The molecule has 1 aromatic carbocycles. The number of aromatic nitrogens is 1. The highest BCUT2D eigenvalue weighted by atomic mass is 19.1. The standard InChI is InChI=1S/C21H25F2N3O2/c1-13-19(25-8-10-28-11-9-25)14(2)26(20(13)21(27)24-15-6-7-15)12-16-17(22)4-3-5-18(16)23/h3-5,15H,6-12H2,1-2H3,(H,24,27). The fourth-order valence-corrected chi connectivity index (χ4v) is 3.95. The smallest absolute Gasteiger partial charge is 0.268 e. The second kappa shape index (κ2) is 7.54. The molecule has 1 N–H and O–H groups in total. The molecule has 28 heavy (non-hydrogen) atoms. The molecule has 5 nitrogen and oxygen atoms in total. The van der Waals surface area contributed by atoms with Crippen LogP contribution in [-0.4, -0.2) is 42.8 Å². The Labute approximate surface area is 163 Å². The van der Waals surface area contributed by atoms with E-state index in [4.69, 9.17) is 4.74 Å². The van der Waals surface area contributed by atoms with Gasteiger partial charge in [-0.2, -0.15) is 0 Å². The average molecular weight is 389 g/mol. The van der Waals surface area contributed by atoms with Gasteiger partial charge in [0.2, 0.25) is 0 Å². The fraction of sp³-hybridized carbons (Fsp3) is 0.476. The van der Waals surface area contributed by atoms with Crippen molar-refractivity contribution in [3.8, 4) is 0 Å². The molecular formula is C21H25F2N3O2. The van der Waals surface area contributed by atoms with Crippen LogP contribution in [0.3, 0.4) is 0 Å². The molecule has 2 heterocycles. The molecule has 1 aromatic heterocycles. The molecule has 2 aromatic rings. The molecule has 2 fully saturated rings. The SMILES string of the molecule is Cc1c(N2CCOCC2)c(C)n(Cc2c(F)cccc2F)c1C(=O)NC1CC1. The third-order valence-electron chi connectivity index (χ3n) is 5.56. The van der Waals surface area contributed by atoms with Crippen molar-refractivity contribution in [2.75, 3.05) is 31.2 Å². The number of carbonyl (C=O) groups excluding carboxylic acids is 1. The topological polar surface area (TPSA) is 46.5 Å². The summed E-state index contributed by atoms with van der Waals surface area (Å²) in [5.41, 5.74) is 3.08. The van der Waals surface area contributed by atoms with Gasteiger partial charge in [-0.25, -0.2) is 8.78 Å². The molecule has 0 bridgehead atoms. The quantitative estimate of drug-likeness (QED) is 0.855. The normalized spacial score (nSPS) is 17.1. The van der Waals surface area contributed by atoms with Gasteiger partial charge in [-0.1, -0.05) is 6.07 Å². The van der Waals surface area contributed by atoms with Gasteiger partial charge in [-0.05, 0) is 38.8 Å². The lowest BCUT2D eigenvalue weighted by Crippen LogP contribution is -2.36. The van der Waals surface area contributed by atoms with Crippen LogP contribution in [0.1, 0.15) is 40.2 Å². The highest BCUT2D eigenvalue weighted by Gasteiger charge is 2.31. The van der Waals surface area contributed by atoms with Crippen LogP contribution in [0.15, 0.2) is 18.2 Å². The van der Waals surface area contributed by atoms with Gasteiger partial charge in [0.1, 0.15) is 17.3 Å². The second-order valence-electron chi connectivity index (χ2n) is 7.54. The second-order valence-corrected chi connectivity index (χ2v) is 7.54. The van der Waals surface area contributed by atoms with Crippen molar-refractivity contribution in [1.82, 2.24) is 9.88 Å². The number of rotatable bonds is 5. The first-order valence-electron chi connectivity index (χ1n) is 9.73. The lowest BCUT2D eigenvalue weighted by Gasteiger charge is -2.29. The Kier molecular flexibility index (Phi) is 5.10. The lowest BCUT2D eigenvalue weighted by molar-refractivity contribution is 0.0941. The van der Waals surface area contributed by atoms with Crippen LogP contribution >= 0.6 is 0 Å². The molecule has 1 saturated carbocycles. The molecule has 7 heteroatoms. The van der Waals surface area contributed by atoms with E-state index in [0.29, 0.717) is 18.9 Å². The maximum Gasteiger partial charge on any atom is 0.268 e. The van der Waals surface area contributed by atoms with Crippen LogP contribution in [0.2, 0.25) is 0 Å². The number of anilines is 1. The van der Waals surface area contributed by atoms with Crippen molar-refractivity contribution >= 4 is 11.6 Å². The van der Waals surface area contributed by atoms with E-state index in [1.54, 1.807) is 4.57 Å². The maximum atomic E-state index is 14.3. The minimum atomic E-state index is -0.604. The van der Waals surface area contributed by atoms with Crippen molar-refractivity contribution in [2.24, 2.45) is 0 Å². The summed E-state index contributed by atoms with van der Waals surface area (Å²) in [7, 11) is 0. The largest absolute Gasteiger partial charge is 0.378 e. The monoisotopic (exact) mass is 389 g/mol. The van der Waals surface area contributed by atoms with Crippen molar-refractivity contribution in [3.05, 3.63) is 52.3 Å². The highest BCUT2D eigenvalue weighted by Crippen LogP contribution is 2.33. The molecule has 1 aliphatic carbocycles. The summed E-state index contributed by atoms with van der Waals surface area (Å²) >= 11 is 0. The first-order chi connectivity index (χ1) is 13.5.